The van der Waals surface area contributed by atoms with Gasteiger partial charge in [0.2, 0.25) is 0 Å². The van der Waals surface area contributed by atoms with Gasteiger partial charge in [0.15, 0.2) is 5.78 Å². The second kappa shape index (κ2) is 6.33. The molecule has 0 spiro atoms. The zero-order chi connectivity index (χ0) is 15.3. The Kier molecular flexibility index (Phi) is 5.04. The minimum absolute atomic E-state index is 0.179. The van der Waals surface area contributed by atoms with E-state index in [1.807, 2.05) is 13.0 Å². The molecular formula is C16H19NO3. The van der Waals surface area contributed by atoms with Crippen molar-refractivity contribution in [2.24, 2.45) is 11.3 Å². The molecule has 0 fully saturated rings. The van der Waals surface area contributed by atoms with Crippen molar-refractivity contribution in [1.82, 2.24) is 0 Å². The maximum atomic E-state index is 12.5. The minimum atomic E-state index is -1.12. The Hall–Kier alpha value is -2.15. The van der Waals surface area contributed by atoms with Crippen LogP contribution in [0.25, 0.3) is 0 Å². The Balaban J connectivity index is 3.17. The van der Waals surface area contributed by atoms with Crippen LogP contribution in [0.5, 0.6) is 0 Å². The normalized spacial score (nSPS) is 12.3. The monoisotopic (exact) mass is 273 g/mol. The molecule has 4 nitrogen and oxygen atoms in total. The average Bonchev–Trinajstić information content (AvgIpc) is 2.39. The molecule has 0 heterocycles. The van der Waals surface area contributed by atoms with Crippen LogP contribution in [0.4, 0.5) is 0 Å². The first-order chi connectivity index (χ1) is 9.33. The predicted molar refractivity (Wildman–Crippen MR) is 75.0 cm³/mol. The third-order valence-corrected chi connectivity index (χ3v) is 3.13. The number of carbonyl (C=O) groups is 2. The number of hydrogen-bond donors (Lipinski definition) is 0. The summed E-state index contributed by atoms with van der Waals surface area (Å²) in [6.45, 7) is 6.90. The van der Waals surface area contributed by atoms with Gasteiger partial charge in [-0.15, -0.1) is 0 Å². The number of esters is 1. The Bertz CT molecular complexity index is 538. The fourth-order valence-corrected chi connectivity index (χ4v) is 1.90. The van der Waals surface area contributed by atoms with Gasteiger partial charge in [0.05, 0.1) is 18.1 Å². The fraction of sp³-hybridized carbons (Fsp3) is 0.438. The van der Waals surface area contributed by atoms with E-state index in [0.29, 0.717) is 5.56 Å². The zero-order valence-corrected chi connectivity index (χ0v) is 12.3. The molecule has 1 aromatic rings. The summed E-state index contributed by atoms with van der Waals surface area (Å²) in [5.74, 6) is -2.14. The van der Waals surface area contributed by atoms with Gasteiger partial charge in [0.1, 0.15) is 5.92 Å². The molecule has 1 atom stereocenters. The van der Waals surface area contributed by atoms with Gasteiger partial charge in [0, 0.05) is 5.56 Å². The number of benzene rings is 1. The molecule has 0 radical (unpaired) electrons. The van der Waals surface area contributed by atoms with E-state index >= 15 is 0 Å². The van der Waals surface area contributed by atoms with Crippen LogP contribution >= 0.6 is 0 Å². The Morgan fingerprint density at radius 1 is 1.30 bits per heavy atom. The predicted octanol–water partition coefficient (Wildman–Crippen LogP) is 2.91. The third kappa shape index (κ3) is 3.45. The molecule has 0 saturated carbocycles. The van der Waals surface area contributed by atoms with E-state index < -0.39 is 17.3 Å². The van der Waals surface area contributed by atoms with E-state index in [2.05, 4.69) is 0 Å². The Morgan fingerprint density at radius 3 is 2.30 bits per heavy atom. The van der Waals surface area contributed by atoms with E-state index in [0.717, 1.165) is 5.56 Å². The van der Waals surface area contributed by atoms with E-state index in [-0.39, 0.29) is 12.4 Å². The molecule has 1 aromatic carbocycles. The lowest BCUT2D eigenvalue weighted by atomic mass is 9.76. The molecule has 4 heteroatoms. The molecule has 0 amide bonds. The minimum Gasteiger partial charge on any atom is -0.465 e. The van der Waals surface area contributed by atoms with Crippen molar-refractivity contribution < 1.29 is 14.3 Å². The van der Waals surface area contributed by atoms with Crippen LogP contribution < -0.4 is 0 Å². The highest BCUT2D eigenvalue weighted by molar-refractivity contribution is 6.09. The number of hydrogen-bond acceptors (Lipinski definition) is 4. The summed E-state index contributed by atoms with van der Waals surface area (Å²) >= 11 is 0. The van der Waals surface area contributed by atoms with Gasteiger partial charge >= 0.3 is 5.97 Å². The van der Waals surface area contributed by atoms with Gasteiger partial charge in [-0.1, -0.05) is 29.8 Å². The van der Waals surface area contributed by atoms with Gasteiger partial charge in [-0.2, -0.15) is 5.26 Å². The molecule has 20 heavy (non-hydrogen) atoms. The molecule has 1 rings (SSSR count). The van der Waals surface area contributed by atoms with E-state index in [1.54, 1.807) is 45.0 Å². The number of rotatable bonds is 5. The molecule has 0 bridgehead atoms. The number of nitriles is 1. The molecule has 0 aromatic heterocycles. The van der Waals surface area contributed by atoms with Crippen molar-refractivity contribution in [2.75, 3.05) is 6.61 Å². The second-order valence-electron chi connectivity index (χ2n) is 5.25. The number of ketones is 1. The Labute approximate surface area is 119 Å². The molecule has 0 N–H and O–H groups in total. The van der Waals surface area contributed by atoms with Crippen LogP contribution in [0.2, 0.25) is 0 Å². The van der Waals surface area contributed by atoms with Crippen LogP contribution in [0.3, 0.4) is 0 Å². The number of nitrogens with zero attached hydrogens (tertiary/aromatic N) is 1. The van der Waals surface area contributed by atoms with Crippen LogP contribution in [-0.2, 0) is 9.53 Å². The number of carbonyl (C=O) groups excluding carboxylic acids is 2. The molecule has 1 unspecified atom stereocenters. The van der Waals surface area contributed by atoms with Crippen LogP contribution in [0.15, 0.2) is 24.3 Å². The number of aryl methyl sites for hydroxylation is 1. The lowest BCUT2D eigenvalue weighted by Gasteiger charge is -2.24. The van der Waals surface area contributed by atoms with E-state index in [9.17, 15) is 14.9 Å². The molecule has 0 saturated heterocycles. The van der Waals surface area contributed by atoms with Crippen molar-refractivity contribution in [3.63, 3.8) is 0 Å². The van der Waals surface area contributed by atoms with Crippen molar-refractivity contribution in [3.8, 4) is 6.07 Å². The molecule has 0 aliphatic carbocycles. The van der Waals surface area contributed by atoms with Crippen molar-refractivity contribution in [3.05, 3.63) is 35.4 Å². The van der Waals surface area contributed by atoms with Crippen molar-refractivity contribution in [1.29, 1.82) is 5.26 Å². The van der Waals surface area contributed by atoms with Crippen molar-refractivity contribution in [2.45, 2.75) is 27.7 Å². The van der Waals surface area contributed by atoms with Gasteiger partial charge < -0.3 is 4.74 Å². The summed E-state index contributed by atoms with van der Waals surface area (Å²) in [7, 11) is 0. The SMILES string of the molecule is CCOC(=O)C(C(=O)c1ccc(C)cc1)C(C)(C)C#N. The van der Waals surface area contributed by atoms with Crippen LogP contribution in [0, 0.1) is 29.6 Å². The highest BCUT2D eigenvalue weighted by Crippen LogP contribution is 2.30. The Morgan fingerprint density at radius 2 is 1.85 bits per heavy atom. The fourth-order valence-electron chi connectivity index (χ4n) is 1.90. The first kappa shape index (κ1) is 15.9. The van der Waals surface area contributed by atoms with Gasteiger partial charge in [-0.3, -0.25) is 9.59 Å². The van der Waals surface area contributed by atoms with Gasteiger partial charge in [0.25, 0.3) is 0 Å². The van der Waals surface area contributed by atoms with Gasteiger partial charge in [-0.25, -0.2) is 0 Å². The molecular weight excluding hydrogens is 254 g/mol. The van der Waals surface area contributed by atoms with E-state index in [1.165, 1.54) is 0 Å². The van der Waals surface area contributed by atoms with Crippen molar-refractivity contribution >= 4 is 11.8 Å². The highest BCUT2D eigenvalue weighted by Gasteiger charge is 2.42. The average molecular weight is 273 g/mol. The molecule has 106 valence electrons. The first-order valence-electron chi connectivity index (χ1n) is 6.52. The largest absolute Gasteiger partial charge is 0.465 e. The third-order valence-electron chi connectivity index (χ3n) is 3.13. The molecule has 0 aliphatic heterocycles. The van der Waals surface area contributed by atoms with Gasteiger partial charge in [-0.05, 0) is 27.7 Å². The summed E-state index contributed by atoms with van der Waals surface area (Å²) in [5.41, 5.74) is 0.319. The molecule has 0 aliphatic rings. The number of Topliss-reactive ketones (excluding diaryl/α,β-unsaturated/α-hetero) is 1. The maximum Gasteiger partial charge on any atom is 0.318 e. The smallest absolute Gasteiger partial charge is 0.318 e. The standard InChI is InChI=1S/C16H19NO3/c1-5-20-15(19)13(16(3,4)10-17)14(18)12-8-6-11(2)7-9-12/h6-9,13H,5H2,1-4H3. The zero-order valence-electron chi connectivity index (χ0n) is 12.3. The van der Waals surface area contributed by atoms with Crippen LogP contribution in [-0.4, -0.2) is 18.4 Å². The lowest BCUT2D eigenvalue weighted by molar-refractivity contribution is -0.148. The van der Waals surface area contributed by atoms with Crippen LogP contribution in [0.1, 0.15) is 36.7 Å². The first-order valence-corrected chi connectivity index (χ1v) is 6.52. The maximum absolute atomic E-state index is 12.5. The second-order valence-corrected chi connectivity index (χ2v) is 5.25. The summed E-state index contributed by atoms with van der Waals surface area (Å²) < 4.78 is 4.95. The van der Waals surface area contributed by atoms with E-state index in [4.69, 9.17) is 4.74 Å². The summed E-state index contributed by atoms with van der Waals surface area (Å²) in [6, 6.07) is 8.95. The summed E-state index contributed by atoms with van der Waals surface area (Å²) in [5, 5.41) is 9.21. The quantitative estimate of drug-likeness (QED) is 0.470. The number of ether oxygens (including phenoxy) is 1. The lowest BCUT2D eigenvalue weighted by Crippen LogP contribution is -2.38. The summed E-state index contributed by atoms with van der Waals surface area (Å²) in [4.78, 5) is 24.6. The highest BCUT2D eigenvalue weighted by atomic mass is 16.5. The topological polar surface area (TPSA) is 67.2 Å². The summed E-state index contributed by atoms with van der Waals surface area (Å²) in [6.07, 6.45) is 0.